The molecule has 0 bridgehead atoms. The number of ether oxygens (including phenoxy) is 1. The van der Waals surface area contributed by atoms with Crippen molar-refractivity contribution in [2.75, 3.05) is 6.54 Å². The van der Waals surface area contributed by atoms with Crippen LogP contribution in [-0.4, -0.2) is 17.6 Å². The van der Waals surface area contributed by atoms with E-state index in [1.54, 1.807) is 6.20 Å². The molecule has 0 spiro atoms. The Morgan fingerprint density at radius 2 is 1.89 bits per heavy atom. The van der Waals surface area contributed by atoms with Crippen molar-refractivity contribution in [3.63, 3.8) is 0 Å². The first-order chi connectivity index (χ1) is 17.2. The van der Waals surface area contributed by atoms with Gasteiger partial charge in [0.05, 0.1) is 11.7 Å². The van der Waals surface area contributed by atoms with Crippen LogP contribution in [-0.2, 0) is 11.6 Å². The highest BCUT2D eigenvalue weighted by Crippen LogP contribution is 2.49. The molecule has 0 amide bonds. The lowest BCUT2D eigenvalue weighted by Crippen LogP contribution is -2.42. The summed E-state index contributed by atoms with van der Waals surface area (Å²) in [5.74, 6) is 0.961. The molecule has 1 unspecified atom stereocenters. The quantitative estimate of drug-likeness (QED) is 0.354. The monoisotopic (exact) mass is 500 g/mol. The fraction of sp³-hybridized carbons (Fsp3) is 0.483. The summed E-state index contributed by atoms with van der Waals surface area (Å²) in [6.07, 6.45) is 2.86. The first-order valence-electron chi connectivity index (χ1n) is 12.8. The molecule has 1 aliphatic carbocycles. The zero-order valence-electron chi connectivity index (χ0n) is 21.0. The molecule has 36 heavy (non-hydrogen) atoms. The molecule has 1 aromatic heterocycles. The third-order valence-corrected chi connectivity index (χ3v) is 7.89. The largest absolute Gasteiger partial charge is 0.490 e. The van der Waals surface area contributed by atoms with Crippen molar-refractivity contribution < 1.29 is 17.9 Å². The number of fused-ring (bicyclic) bond motifs is 1. The van der Waals surface area contributed by atoms with Gasteiger partial charge in [-0.3, -0.25) is 4.79 Å². The van der Waals surface area contributed by atoms with Gasteiger partial charge in [-0.1, -0.05) is 31.5 Å². The van der Waals surface area contributed by atoms with Gasteiger partial charge in [0.1, 0.15) is 5.75 Å². The lowest BCUT2D eigenvalue weighted by Gasteiger charge is -2.46. The molecule has 4 rings (SSSR count). The summed E-state index contributed by atoms with van der Waals surface area (Å²) in [7, 11) is 0. The molecule has 2 aromatic carbocycles. The number of pyridine rings is 1. The maximum atomic E-state index is 13.6. The van der Waals surface area contributed by atoms with E-state index in [4.69, 9.17) is 10.5 Å². The number of aryl methyl sites for hydroxylation is 1. The van der Waals surface area contributed by atoms with Crippen molar-refractivity contribution in [1.29, 1.82) is 0 Å². The van der Waals surface area contributed by atoms with Crippen LogP contribution in [0.3, 0.4) is 0 Å². The third-order valence-electron chi connectivity index (χ3n) is 7.89. The van der Waals surface area contributed by atoms with E-state index in [0.29, 0.717) is 11.9 Å². The molecule has 1 fully saturated rings. The molecule has 194 valence electrons. The van der Waals surface area contributed by atoms with Crippen LogP contribution < -0.4 is 16.0 Å². The van der Waals surface area contributed by atoms with E-state index < -0.39 is 11.7 Å². The van der Waals surface area contributed by atoms with Crippen molar-refractivity contribution in [3.05, 3.63) is 75.7 Å². The van der Waals surface area contributed by atoms with Crippen LogP contribution in [0.4, 0.5) is 13.2 Å². The summed E-state index contributed by atoms with van der Waals surface area (Å²) in [4.78, 5) is 14.8. The highest BCUT2D eigenvalue weighted by molar-refractivity contribution is 5.83. The Morgan fingerprint density at radius 3 is 2.56 bits per heavy atom. The summed E-state index contributed by atoms with van der Waals surface area (Å²) in [5, 5.41) is 1.44. The summed E-state index contributed by atoms with van der Waals surface area (Å²) in [6, 6.07) is 11.5. The van der Waals surface area contributed by atoms with Crippen LogP contribution >= 0.6 is 0 Å². The Hall–Kier alpha value is -2.80. The Kier molecular flexibility index (Phi) is 7.79. The fourth-order valence-electron chi connectivity index (χ4n) is 6.04. The van der Waals surface area contributed by atoms with Crippen molar-refractivity contribution in [3.8, 4) is 5.75 Å². The van der Waals surface area contributed by atoms with Gasteiger partial charge in [0.2, 0.25) is 0 Å². The van der Waals surface area contributed by atoms with Gasteiger partial charge < -0.3 is 15.5 Å². The van der Waals surface area contributed by atoms with Crippen LogP contribution in [0.2, 0.25) is 0 Å². The number of halogens is 3. The number of alkyl halides is 3. The highest BCUT2D eigenvalue weighted by Gasteiger charge is 2.44. The molecule has 0 aliphatic heterocycles. The first kappa shape index (κ1) is 26.3. The zero-order chi connectivity index (χ0) is 25.9. The number of H-pyrrole nitrogens is 1. The predicted molar refractivity (Wildman–Crippen MR) is 137 cm³/mol. The van der Waals surface area contributed by atoms with Gasteiger partial charge in [-0.15, -0.1) is 0 Å². The van der Waals surface area contributed by atoms with Gasteiger partial charge in [-0.25, -0.2) is 0 Å². The minimum Gasteiger partial charge on any atom is -0.490 e. The maximum absolute atomic E-state index is 13.6. The summed E-state index contributed by atoms with van der Waals surface area (Å²) in [6.45, 7) is 4.56. The molecule has 1 heterocycles. The van der Waals surface area contributed by atoms with E-state index in [0.717, 1.165) is 73.3 Å². The summed E-state index contributed by atoms with van der Waals surface area (Å²) < 4.78 is 47.1. The predicted octanol–water partition coefficient (Wildman–Crippen LogP) is 6.88. The average Bonchev–Trinajstić information content (AvgIpc) is 2.85. The van der Waals surface area contributed by atoms with Gasteiger partial charge in [0, 0.05) is 11.6 Å². The second-order valence-corrected chi connectivity index (χ2v) is 10.1. The summed E-state index contributed by atoms with van der Waals surface area (Å²) in [5.41, 5.74) is 6.55. The molecule has 1 saturated carbocycles. The smallest absolute Gasteiger partial charge is 0.416 e. The number of aromatic nitrogens is 1. The molecule has 1 aliphatic rings. The lowest BCUT2D eigenvalue weighted by molar-refractivity contribution is -0.137. The molecule has 0 saturated heterocycles. The SMILES string of the molecule is CCCC(CCN)C1(c2cccc(C(F)(F)F)c2)CCC(Oc2cc3cc[nH]c(=O)c3cc2C)CC1. The van der Waals surface area contributed by atoms with Gasteiger partial charge >= 0.3 is 6.18 Å². The number of rotatable bonds is 8. The van der Waals surface area contributed by atoms with Gasteiger partial charge in [-0.05, 0) is 104 Å². The van der Waals surface area contributed by atoms with E-state index in [-0.39, 0.29) is 23.0 Å². The Balaban J connectivity index is 1.62. The van der Waals surface area contributed by atoms with E-state index in [9.17, 15) is 18.0 Å². The number of hydrogen-bond acceptors (Lipinski definition) is 3. The molecular weight excluding hydrogens is 465 g/mol. The summed E-state index contributed by atoms with van der Waals surface area (Å²) >= 11 is 0. The minimum atomic E-state index is -4.37. The second-order valence-electron chi connectivity index (χ2n) is 10.1. The van der Waals surface area contributed by atoms with Crippen molar-refractivity contribution in [1.82, 2.24) is 4.98 Å². The topological polar surface area (TPSA) is 68.1 Å². The first-order valence-corrected chi connectivity index (χ1v) is 12.8. The Morgan fingerprint density at radius 1 is 1.14 bits per heavy atom. The molecule has 0 radical (unpaired) electrons. The highest BCUT2D eigenvalue weighted by atomic mass is 19.4. The van der Waals surface area contributed by atoms with Gasteiger partial charge in [-0.2, -0.15) is 13.2 Å². The number of aromatic amines is 1. The second kappa shape index (κ2) is 10.7. The molecule has 7 heteroatoms. The third kappa shape index (κ3) is 5.31. The molecule has 3 N–H and O–H groups in total. The van der Waals surface area contributed by atoms with Crippen LogP contribution in [0.1, 0.15) is 68.6 Å². The van der Waals surface area contributed by atoms with E-state index in [2.05, 4.69) is 11.9 Å². The number of nitrogens with one attached hydrogen (secondary N) is 1. The maximum Gasteiger partial charge on any atom is 0.416 e. The number of benzene rings is 2. The standard InChI is InChI=1S/C29H35F3N2O2/c1-3-5-21(10-14-33)28(22-6-4-7-23(18-22)29(30,31)32)12-8-24(9-13-28)36-26-17-20-11-15-34-27(35)25(20)16-19(26)2/h4,6-7,11,15-18,21,24H,3,5,8-10,12-14,33H2,1-2H3,(H,34,35). The molecule has 4 nitrogen and oxygen atoms in total. The van der Waals surface area contributed by atoms with Gasteiger partial charge in [0.15, 0.2) is 0 Å². The molecule has 1 atom stereocenters. The Labute approximate surface area is 210 Å². The number of nitrogens with two attached hydrogens (primary N) is 1. The Bertz CT molecular complexity index is 1240. The van der Waals surface area contributed by atoms with Crippen molar-refractivity contribution in [2.24, 2.45) is 11.7 Å². The lowest BCUT2D eigenvalue weighted by atomic mass is 9.59. The normalized spacial score (nSPS) is 21.4. The average molecular weight is 501 g/mol. The van der Waals surface area contributed by atoms with Gasteiger partial charge in [0.25, 0.3) is 5.56 Å². The van der Waals surface area contributed by atoms with E-state index in [1.807, 2.05) is 31.2 Å². The molecular formula is C29H35F3N2O2. The van der Waals surface area contributed by atoms with Crippen LogP contribution in [0.25, 0.3) is 10.8 Å². The van der Waals surface area contributed by atoms with Crippen LogP contribution in [0, 0.1) is 12.8 Å². The van der Waals surface area contributed by atoms with Crippen molar-refractivity contribution in [2.45, 2.75) is 76.5 Å². The fourth-order valence-corrected chi connectivity index (χ4v) is 6.04. The van der Waals surface area contributed by atoms with Crippen LogP contribution in [0.5, 0.6) is 5.75 Å². The van der Waals surface area contributed by atoms with E-state index >= 15 is 0 Å². The van der Waals surface area contributed by atoms with Crippen molar-refractivity contribution >= 4 is 10.8 Å². The van der Waals surface area contributed by atoms with E-state index in [1.165, 1.54) is 12.1 Å². The molecule has 3 aromatic rings. The van der Waals surface area contributed by atoms with Crippen LogP contribution in [0.15, 0.2) is 53.5 Å². The zero-order valence-corrected chi connectivity index (χ0v) is 21.0. The minimum absolute atomic E-state index is 0.0396. The number of hydrogen-bond donors (Lipinski definition) is 2.